The first-order valence-corrected chi connectivity index (χ1v) is 18.5. The monoisotopic (exact) mass is 787 g/mol. The number of hydrogen-bond acceptors (Lipinski definition) is 8. The van der Waals surface area contributed by atoms with Crippen LogP contribution in [0.3, 0.4) is 0 Å². The maximum absolute atomic E-state index is 13.7. The lowest BCUT2D eigenvalue weighted by atomic mass is 9.74. The van der Waals surface area contributed by atoms with E-state index in [0.29, 0.717) is 66.5 Å². The molecule has 5 aromatic carbocycles. The topological polar surface area (TPSA) is 127 Å². The van der Waals surface area contributed by atoms with Gasteiger partial charge in [0, 0.05) is 53.1 Å². The van der Waals surface area contributed by atoms with Crippen LogP contribution in [0.25, 0.3) is 11.4 Å². The predicted octanol–water partition coefficient (Wildman–Crippen LogP) is 8.71. The first-order valence-electron chi connectivity index (χ1n) is 18.5. The van der Waals surface area contributed by atoms with Crippen molar-refractivity contribution in [3.8, 4) is 28.6 Å². The third-order valence-corrected chi connectivity index (χ3v) is 10.4. The summed E-state index contributed by atoms with van der Waals surface area (Å²) in [5.74, 6) is -0.595. The highest BCUT2D eigenvalue weighted by atomic mass is 19.4. The van der Waals surface area contributed by atoms with Gasteiger partial charge in [0.25, 0.3) is 17.7 Å². The lowest BCUT2D eigenvalue weighted by Gasteiger charge is -2.40. The number of alkyl halides is 3. The van der Waals surface area contributed by atoms with Crippen LogP contribution >= 0.6 is 0 Å². The summed E-state index contributed by atoms with van der Waals surface area (Å²) >= 11 is 0. The van der Waals surface area contributed by atoms with E-state index in [1.54, 1.807) is 58.3 Å². The molecule has 3 amide bonds. The van der Waals surface area contributed by atoms with Gasteiger partial charge in [0.05, 0.1) is 0 Å². The second-order valence-electron chi connectivity index (χ2n) is 14.3. The number of likely N-dealkylation sites (tertiary alicyclic amines) is 1. The molecule has 14 heteroatoms. The van der Waals surface area contributed by atoms with Gasteiger partial charge in [0.15, 0.2) is 6.61 Å². The summed E-state index contributed by atoms with van der Waals surface area (Å²) in [7, 11) is 0. The Kier molecular flexibility index (Phi) is 10.2. The van der Waals surface area contributed by atoms with Crippen molar-refractivity contribution < 1.29 is 41.6 Å². The van der Waals surface area contributed by atoms with E-state index in [4.69, 9.17) is 9.47 Å². The van der Waals surface area contributed by atoms with E-state index < -0.39 is 12.1 Å². The van der Waals surface area contributed by atoms with Gasteiger partial charge >= 0.3 is 12.1 Å². The number of anilines is 2. The molecule has 0 atom stereocenters. The van der Waals surface area contributed by atoms with E-state index in [2.05, 4.69) is 26.0 Å². The molecule has 0 saturated carbocycles. The molecule has 8 rings (SSSR count). The quantitative estimate of drug-likeness (QED) is 0.154. The standard InChI is InChI=1S/C44H36F3N5O6/c1-28-7-20-37-36(25-28)43(21-23-51(24-22-43)41(55)31-10-8-29(9-11-31)39-49-42(58-50-39)44(45,46)47)27-52(37)38(53)26-56-33-16-12-30(13-17-33)40(54)48-32-14-18-35(19-15-32)57-34-5-3-2-4-6-34/h2-20,25H,21-24,26-27H2,1H3,(H,48,54). The number of aryl methyl sites for hydroxylation is 1. The number of amides is 3. The molecule has 2 aliphatic heterocycles. The van der Waals surface area contributed by atoms with Crippen molar-refractivity contribution in [3.63, 3.8) is 0 Å². The lowest BCUT2D eigenvalue weighted by Crippen LogP contribution is -2.48. The fourth-order valence-electron chi connectivity index (χ4n) is 7.33. The highest BCUT2D eigenvalue weighted by Crippen LogP contribution is 2.47. The van der Waals surface area contributed by atoms with Crippen molar-refractivity contribution >= 4 is 29.1 Å². The molecule has 0 unspecified atom stereocenters. The normalized spacial score (nSPS) is 14.6. The van der Waals surface area contributed by atoms with Gasteiger partial charge in [0.1, 0.15) is 17.2 Å². The van der Waals surface area contributed by atoms with Gasteiger partial charge in [-0.3, -0.25) is 14.4 Å². The summed E-state index contributed by atoms with van der Waals surface area (Å²) in [6.45, 7) is 3.12. The molecule has 2 aliphatic rings. The van der Waals surface area contributed by atoms with E-state index in [0.717, 1.165) is 16.8 Å². The largest absolute Gasteiger partial charge is 0.484 e. The Morgan fingerprint density at radius 2 is 1.47 bits per heavy atom. The minimum absolute atomic E-state index is 0.207. The predicted molar refractivity (Wildman–Crippen MR) is 208 cm³/mol. The Morgan fingerprint density at radius 1 is 0.810 bits per heavy atom. The number of hydrogen-bond donors (Lipinski definition) is 1. The molecule has 6 aromatic rings. The van der Waals surface area contributed by atoms with Crippen molar-refractivity contribution in [3.05, 3.63) is 149 Å². The number of nitrogens with zero attached hydrogens (tertiary/aromatic N) is 4. The Labute approximate surface area is 331 Å². The number of halogens is 3. The Bertz CT molecular complexity index is 2450. The van der Waals surface area contributed by atoms with E-state index in [1.807, 2.05) is 49.4 Å². The third kappa shape index (κ3) is 7.99. The molecule has 58 heavy (non-hydrogen) atoms. The molecule has 0 bridgehead atoms. The van der Waals surface area contributed by atoms with Crippen LogP contribution in [0.15, 0.2) is 126 Å². The van der Waals surface area contributed by atoms with Crippen LogP contribution in [0.2, 0.25) is 0 Å². The zero-order valence-electron chi connectivity index (χ0n) is 31.2. The van der Waals surface area contributed by atoms with E-state index >= 15 is 0 Å². The van der Waals surface area contributed by atoms with Crippen LogP contribution in [0.4, 0.5) is 24.5 Å². The summed E-state index contributed by atoms with van der Waals surface area (Å²) in [4.78, 5) is 47.1. The van der Waals surface area contributed by atoms with Gasteiger partial charge in [-0.05, 0) is 104 Å². The summed E-state index contributed by atoms with van der Waals surface area (Å²) in [6.07, 6.45) is -3.51. The molecule has 1 fully saturated rings. The zero-order chi connectivity index (χ0) is 40.4. The van der Waals surface area contributed by atoms with Gasteiger partial charge < -0.3 is 29.1 Å². The van der Waals surface area contributed by atoms with E-state index in [9.17, 15) is 27.6 Å². The number of aromatic nitrogens is 2. The molecular formula is C44H36F3N5O6. The Morgan fingerprint density at radius 3 is 2.14 bits per heavy atom. The molecule has 0 aliphatic carbocycles. The van der Waals surface area contributed by atoms with Crippen LogP contribution < -0.4 is 19.7 Å². The van der Waals surface area contributed by atoms with Gasteiger partial charge in [-0.2, -0.15) is 18.2 Å². The zero-order valence-corrected chi connectivity index (χ0v) is 31.2. The number of fused-ring (bicyclic) bond motifs is 2. The first-order chi connectivity index (χ1) is 27.9. The third-order valence-electron chi connectivity index (χ3n) is 10.4. The van der Waals surface area contributed by atoms with Crippen molar-refractivity contribution in [1.29, 1.82) is 0 Å². The molecule has 1 saturated heterocycles. The fraction of sp³-hybridized carbons (Fsp3) is 0.205. The van der Waals surface area contributed by atoms with Crippen LogP contribution in [-0.4, -0.2) is 59.0 Å². The Hall–Kier alpha value is -6.96. The summed E-state index contributed by atoms with van der Waals surface area (Å²) in [6, 6.07) is 35.1. The minimum atomic E-state index is -4.76. The number of ether oxygens (including phenoxy) is 2. The van der Waals surface area contributed by atoms with E-state index in [-0.39, 0.29) is 41.1 Å². The van der Waals surface area contributed by atoms with Crippen LogP contribution in [-0.2, 0) is 16.4 Å². The molecular weight excluding hydrogens is 752 g/mol. The molecule has 294 valence electrons. The molecule has 0 radical (unpaired) electrons. The van der Waals surface area contributed by atoms with Crippen molar-refractivity contribution in [1.82, 2.24) is 15.0 Å². The van der Waals surface area contributed by atoms with Crippen LogP contribution in [0.5, 0.6) is 17.2 Å². The average molecular weight is 788 g/mol. The average Bonchev–Trinajstić information content (AvgIpc) is 3.86. The smallest absolute Gasteiger partial charge is 0.471 e. The number of carbonyl (C=O) groups is 3. The van der Waals surface area contributed by atoms with Crippen molar-refractivity contribution in [2.75, 3.05) is 36.5 Å². The number of carbonyl (C=O) groups excluding carboxylic acids is 3. The highest BCUT2D eigenvalue weighted by molar-refractivity contribution is 6.04. The molecule has 1 N–H and O–H groups in total. The van der Waals surface area contributed by atoms with Gasteiger partial charge in [-0.15, -0.1) is 0 Å². The second kappa shape index (κ2) is 15.5. The number of piperidine rings is 1. The summed E-state index contributed by atoms with van der Waals surface area (Å²) in [5.41, 5.74) is 4.26. The fourth-order valence-corrected chi connectivity index (χ4v) is 7.33. The second-order valence-corrected chi connectivity index (χ2v) is 14.3. The minimum Gasteiger partial charge on any atom is -0.484 e. The Balaban J connectivity index is 0.859. The lowest BCUT2D eigenvalue weighted by molar-refractivity contribution is -0.159. The maximum atomic E-state index is 13.7. The van der Waals surface area contributed by atoms with E-state index in [1.165, 1.54) is 24.3 Å². The first kappa shape index (κ1) is 37.9. The van der Waals surface area contributed by atoms with Gasteiger partial charge in [-0.1, -0.05) is 53.2 Å². The van der Waals surface area contributed by atoms with Gasteiger partial charge in [-0.25, -0.2) is 0 Å². The number of nitrogens with one attached hydrogen (secondary N) is 1. The number of benzene rings is 5. The summed E-state index contributed by atoms with van der Waals surface area (Å²) in [5, 5.41) is 6.28. The van der Waals surface area contributed by atoms with Crippen LogP contribution in [0, 0.1) is 6.92 Å². The van der Waals surface area contributed by atoms with Crippen LogP contribution in [0.1, 0.15) is 50.6 Å². The van der Waals surface area contributed by atoms with Gasteiger partial charge in [0.2, 0.25) is 5.82 Å². The molecule has 1 spiro atoms. The maximum Gasteiger partial charge on any atom is 0.471 e. The SMILES string of the molecule is Cc1ccc2c(c1)C1(CCN(C(=O)c3ccc(-c4noc(C(F)(F)F)n4)cc3)CC1)CN2C(=O)COc1ccc(C(=O)Nc2ccc(Oc3ccccc3)cc2)cc1. The number of rotatable bonds is 9. The number of para-hydroxylation sites is 1. The van der Waals surface area contributed by atoms with Crippen molar-refractivity contribution in [2.24, 2.45) is 0 Å². The van der Waals surface area contributed by atoms with Crippen molar-refractivity contribution in [2.45, 2.75) is 31.4 Å². The highest BCUT2D eigenvalue weighted by Gasteiger charge is 2.47. The summed E-state index contributed by atoms with van der Waals surface area (Å²) < 4.78 is 54.8. The molecule has 11 nitrogen and oxygen atoms in total. The molecule has 1 aromatic heterocycles. The molecule has 3 heterocycles.